The van der Waals surface area contributed by atoms with Gasteiger partial charge >= 0.3 is 0 Å². The van der Waals surface area contributed by atoms with Crippen LogP contribution in [0.15, 0.2) is 12.1 Å². The Kier molecular flexibility index (Phi) is 4.50. The van der Waals surface area contributed by atoms with Crippen LogP contribution in [-0.4, -0.2) is 18.0 Å². The lowest BCUT2D eigenvalue weighted by Gasteiger charge is -2.26. The fraction of sp³-hybridized carbons (Fsp3) is 0.583. The molecule has 0 fully saturated rings. The third kappa shape index (κ3) is 3.32. The van der Waals surface area contributed by atoms with E-state index in [-0.39, 0.29) is 11.4 Å². The van der Waals surface area contributed by atoms with E-state index in [1.807, 2.05) is 32.9 Å². The zero-order chi connectivity index (χ0) is 12.2. The lowest BCUT2D eigenvalue weighted by atomic mass is 9.94. The van der Waals surface area contributed by atoms with Gasteiger partial charge in [0.1, 0.15) is 0 Å². The first-order valence-electron chi connectivity index (χ1n) is 5.64. The first-order valence-corrected chi connectivity index (χ1v) is 6.46. The average molecular weight is 240 g/mol. The quantitative estimate of drug-likeness (QED) is 0.829. The zero-order valence-electron chi connectivity index (χ0n) is 10.2. The molecule has 0 unspecified atom stereocenters. The maximum absolute atomic E-state index is 11.8. The molecule has 3 nitrogen and oxygen atoms in total. The Labute approximate surface area is 101 Å². The van der Waals surface area contributed by atoms with Gasteiger partial charge in [-0.2, -0.15) is 0 Å². The van der Waals surface area contributed by atoms with E-state index < -0.39 is 0 Å². The van der Waals surface area contributed by atoms with Crippen molar-refractivity contribution in [1.29, 1.82) is 0 Å². The Bertz CT molecular complexity index is 356. The number of nitrogens with two attached hydrogens (primary N) is 1. The summed E-state index contributed by atoms with van der Waals surface area (Å²) in [6.45, 7) is 6.62. The van der Waals surface area contributed by atoms with Crippen molar-refractivity contribution in [3.63, 3.8) is 0 Å². The van der Waals surface area contributed by atoms with Crippen molar-refractivity contribution in [1.82, 2.24) is 5.32 Å². The highest BCUT2D eigenvalue weighted by Gasteiger charge is 2.21. The highest BCUT2D eigenvalue weighted by molar-refractivity contribution is 7.13. The van der Waals surface area contributed by atoms with Crippen molar-refractivity contribution < 1.29 is 4.79 Å². The van der Waals surface area contributed by atoms with Crippen LogP contribution in [0.5, 0.6) is 0 Å². The van der Waals surface area contributed by atoms with E-state index in [9.17, 15) is 4.79 Å². The Balaban J connectivity index is 2.53. The van der Waals surface area contributed by atoms with Gasteiger partial charge in [0.05, 0.1) is 4.88 Å². The molecule has 4 heteroatoms. The van der Waals surface area contributed by atoms with Crippen LogP contribution in [0.25, 0.3) is 0 Å². The van der Waals surface area contributed by atoms with Crippen LogP contribution in [0, 0.1) is 6.92 Å². The third-order valence-corrected chi connectivity index (χ3v) is 3.97. The SMILES string of the molecule is CCC(N)(CC)CNC(=O)c1ccc(C)s1. The van der Waals surface area contributed by atoms with Crippen LogP contribution < -0.4 is 11.1 Å². The molecule has 1 heterocycles. The van der Waals surface area contributed by atoms with Crippen molar-refractivity contribution in [2.24, 2.45) is 5.73 Å². The van der Waals surface area contributed by atoms with Crippen LogP contribution in [0.1, 0.15) is 41.2 Å². The van der Waals surface area contributed by atoms with E-state index >= 15 is 0 Å². The maximum Gasteiger partial charge on any atom is 0.261 e. The molecule has 0 spiro atoms. The molecule has 0 aromatic carbocycles. The minimum absolute atomic E-state index is 0.0187. The van der Waals surface area contributed by atoms with Crippen LogP contribution in [-0.2, 0) is 0 Å². The maximum atomic E-state index is 11.8. The standard InChI is InChI=1S/C12H20N2OS/c1-4-12(13,5-2)8-14-11(15)10-7-6-9(3)16-10/h6-7H,4-5,8,13H2,1-3H3,(H,14,15). The third-order valence-electron chi connectivity index (χ3n) is 2.97. The summed E-state index contributed by atoms with van der Waals surface area (Å²) in [5, 5.41) is 2.90. The Morgan fingerprint density at radius 2 is 2.06 bits per heavy atom. The van der Waals surface area contributed by atoms with Crippen LogP contribution in [0.3, 0.4) is 0 Å². The molecule has 1 aromatic heterocycles. The molecular weight excluding hydrogens is 220 g/mol. The second-order valence-corrected chi connectivity index (χ2v) is 5.45. The van der Waals surface area contributed by atoms with Crippen molar-refractivity contribution in [2.75, 3.05) is 6.54 Å². The first kappa shape index (κ1) is 13.2. The molecule has 0 saturated heterocycles. The molecule has 3 N–H and O–H groups in total. The number of aryl methyl sites for hydroxylation is 1. The Morgan fingerprint density at radius 3 is 2.50 bits per heavy atom. The highest BCUT2D eigenvalue weighted by Crippen LogP contribution is 2.15. The van der Waals surface area contributed by atoms with Gasteiger partial charge in [-0.25, -0.2) is 0 Å². The fourth-order valence-corrected chi connectivity index (χ4v) is 2.18. The van der Waals surface area contributed by atoms with E-state index in [1.165, 1.54) is 11.3 Å². The van der Waals surface area contributed by atoms with Crippen LogP contribution in [0.2, 0.25) is 0 Å². The Morgan fingerprint density at radius 1 is 1.44 bits per heavy atom. The van der Waals surface area contributed by atoms with Crippen molar-refractivity contribution >= 4 is 17.2 Å². The lowest BCUT2D eigenvalue weighted by Crippen LogP contribution is -2.49. The molecule has 0 saturated carbocycles. The van der Waals surface area contributed by atoms with Gasteiger partial charge in [0, 0.05) is 17.0 Å². The number of carbonyl (C=O) groups excluding carboxylic acids is 1. The average Bonchev–Trinajstić information content (AvgIpc) is 2.72. The summed E-state index contributed by atoms with van der Waals surface area (Å²) in [6, 6.07) is 3.81. The smallest absolute Gasteiger partial charge is 0.261 e. The van der Waals surface area contributed by atoms with Gasteiger partial charge < -0.3 is 11.1 Å². The Hall–Kier alpha value is -0.870. The first-order chi connectivity index (χ1) is 7.50. The highest BCUT2D eigenvalue weighted by atomic mass is 32.1. The van der Waals surface area contributed by atoms with Gasteiger partial charge in [-0.05, 0) is 31.9 Å². The second kappa shape index (κ2) is 5.46. The van der Waals surface area contributed by atoms with E-state index in [1.54, 1.807) is 0 Å². The van der Waals surface area contributed by atoms with E-state index in [4.69, 9.17) is 5.73 Å². The molecule has 16 heavy (non-hydrogen) atoms. The van der Waals surface area contributed by atoms with Gasteiger partial charge in [-0.1, -0.05) is 13.8 Å². The number of amides is 1. The molecule has 0 aliphatic heterocycles. The minimum atomic E-state index is -0.276. The topological polar surface area (TPSA) is 55.1 Å². The number of hydrogen-bond acceptors (Lipinski definition) is 3. The van der Waals surface area contributed by atoms with Crippen molar-refractivity contribution in [3.8, 4) is 0 Å². The van der Waals surface area contributed by atoms with Gasteiger partial charge in [0.15, 0.2) is 0 Å². The molecule has 0 atom stereocenters. The molecule has 0 radical (unpaired) electrons. The fourth-order valence-electron chi connectivity index (χ4n) is 1.40. The van der Waals surface area contributed by atoms with E-state index in [2.05, 4.69) is 5.32 Å². The predicted octanol–water partition coefficient (Wildman–Crippen LogP) is 2.30. The summed E-state index contributed by atoms with van der Waals surface area (Å²) in [7, 11) is 0. The monoisotopic (exact) mass is 240 g/mol. The number of nitrogens with one attached hydrogen (secondary N) is 1. The number of rotatable bonds is 5. The van der Waals surface area contributed by atoms with E-state index in [0.717, 1.165) is 22.6 Å². The van der Waals surface area contributed by atoms with E-state index in [0.29, 0.717) is 6.54 Å². The predicted molar refractivity (Wildman–Crippen MR) is 68.9 cm³/mol. The molecule has 0 aliphatic rings. The van der Waals surface area contributed by atoms with Crippen LogP contribution >= 0.6 is 11.3 Å². The van der Waals surface area contributed by atoms with Gasteiger partial charge in [-0.3, -0.25) is 4.79 Å². The number of carbonyl (C=O) groups is 1. The van der Waals surface area contributed by atoms with Gasteiger partial charge in [-0.15, -0.1) is 11.3 Å². The normalized spacial score (nSPS) is 11.5. The molecule has 90 valence electrons. The molecule has 1 aromatic rings. The summed E-state index contributed by atoms with van der Waals surface area (Å²) in [5.74, 6) is -0.0187. The van der Waals surface area contributed by atoms with Crippen molar-refractivity contribution in [3.05, 3.63) is 21.9 Å². The second-order valence-electron chi connectivity index (χ2n) is 4.16. The summed E-state index contributed by atoms with van der Waals surface area (Å²) in [5.41, 5.74) is 5.84. The number of thiophene rings is 1. The van der Waals surface area contributed by atoms with Crippen molar-refractivity contribution in [2.45, 2.75) is 39.2 Å². The van der Waals surface area contributed by atoms with Crippen LogP contribution in [0.4, 0.5) is 0 Å². The summed E-state index contributed by atoms with van der Waals surface area (Å²) in [6.07, 6.45) is 1.74. The molecule has 1 rings (SSSR count). The molecule has 1 amide bonds. The number of hydrogen-bond donors (Lipinski definition) is 2. The lowest BCUT2D eigenvalue weighted by molar-refractivity contribution is 0.0946. The molecule has 0 aliphatic carbocycles. The summed E-state index contributed by atoms with van der Waals surface area (Å²) in [4.78, 5) is 13.7. The van der Waals surface area contributed by atoms with Gasteiger partial charge in [0.25, 0.3) is 5.91 Å². The van der Waals surface area contributed by atoms with Gasteiger partial charge in [0.2, 0.25) is 0 Å². The molecular formula is C12H20N2OS. The largest absolute Gasteiger partial charge is 0.349 e. The summed E-state index contributed by atoms with van der Waals surface area (Å²) < 4.78 is 0. The summed E-state index contributed by atoms with van der Waals surface area (Å²) >= 11 is 1.51. The molecule has 0 bridgehead atoms. The zero-order valence-corrected chi connectivity index (χ0v) is 11.0. The minimum Gasteiger partial charge on any atom is -0.349 e.